The van der Waals surface area contributed by atoms with Gasteiger partial charge in [0.1, 0.15) is 0 Å². The Labute approximate surface area is 338 Å². The summed E-state index contributed by atoms with van der Waals surface area (Å²) in [7, 11) is 0. The lowest BCUT2D eigenvalue weighted by molar-refractivity contribution is 1.15. The topological polar surface area (TPSA) is 34.6 Å². The Bertz CT molecular complexity index is 3450. The van der Waals surface area contributed by atoms with Gasteiger partial charge in [-0.2, -0.15) is 0 Å². The van der Waals surface area contributed by atoms with Crippen LogP contribution in [0.5, 0.6) is 0 Å². The summed E-state index contributed by atoms with van der Waals surface area (Å²) < 4.78 is 7.46. The van der Waals surface area contributed by atoms with Crippen molar-refractivity contribution in [2.75, 3.05) is 0 Å². The Morgan fingerprint density at radius 3 is 1.76 bits per heavy atom. The normalized spacial score (nSPS) is 13.4. The standard InChI is InChI=1S/C53H34N4S/c1-3-13-34(14-4-1)43-29-30-44(35-15-5-2-6-16-35)55-53(54-43)36-23-25-37(26-24-36)56-47-31-32-50-52(42-19-9-12-22-49(42)58-50)51(47)41-28-27-38(33-48(41)56)57-45-20-10-7-17-39(45)40-18-8-11-21-46(40)57/h1-29,31-33H,30H2. The highest BCUT2D eigenvalue weighted by atomic mass is 32.1. The largest absolute Gasteiger partial charge is 0.309 e. The lowest BCUT2D eigenvalue weighted by Crippen LogP contribution is -2.05. The average Bonchev–Trinajstić information content (AvgIpc) is 3.88. The Hall–Kier alpha value is -7.34. The van der Waals surface area contributed by atoms with Crippen LogP contribution in [0.2, 0.25) is 0 Å². The van der Waals surface area contributed by atoms with Gasteiger partial charge in [0.05, 0.1) is 33.5 Å². The third-order valence-electron chi connectivity index (χ3n) is 11.6. The molecular weight excluding hydrogens is 725 g/mol. The van der Waals surface area contributed by atoms with Crippen molar-refractivity contribution in [2.24, 2.45) is 9.98 Å². The third kappa shape index (κ3) is 5.14. The molecule has 4 heterocycles. The molecule has 3 aromatic heterocycles. The van der Waals surface area contributed by atoms with Crippen molar-refractivity contribution >= 4 is 92.4 Å². The molecule has 12 rings (SSSR count). The van der Waals surface area contributed by atoms with E-state index in [1.807, 2.05) is 23.5 Å². The van der Waals surface area contributed by atoms with Gasteiger partial charge in [-0.1, -0.05) is 127 Å². The molecular formula is C53H34N4S. The number of allylic oxidation sites excluding steroid dienone is 1. The summed E-state index contributed by atoms with van der Waals surface area (Å²) in [5.74, 6) is 0.709. The number of aliphatic imine (C=N–C) groups is 2. The van der Waals surface area contributed by atoms with Gasteiger partial charge in [-0.3, -0.25) is 0 Å². The average molecular weight is 759 g/mol. The van der Waals surface area contributed by atoms with Crippen molar-refractivity contribution in [3.05, 3.63) is 211 Å². The van der Waals surface area contributed by atoms with E-state index < -0.39 is 0 Å². The molecule has 0 unspecified atom stereocenters. The van der Waals surface area contributed by atoms with Gasteiger partial charge < -0.3 is 9.13 Å². The van der Waals surface area contributed by atoms with Gasteiger partial charge in [0.25, 0.3) is 0 Å². The number of amidine groups is 1. The number of nitrogens with zero attached hydrogens (tertiary/aromatic N) is 4. The fourth-order valence-corrected chi connectivity index (χ4v) is 10.1. The molecule has 0 atom stereocenters. The Morgan fingerprint density at radius 2 is 1.02 bits per heavy atom. The number of hydrogen-bond donors (Lipinski definition) is 0. The number of thiophene rings is 1. The van der Waals surface area contributed by atoms with E-state index in [1.165, 1.54) is 58.3 Å². The van der Waals surface area contributed by atoms with Crippen LogP contribution in [0.1, 0.15) is 23.1 Å². The molecule has 0 radical (unpaired) electrons. The zero-order chi connectivity index (χ0) is 38.2. The third-order valence-corrected chi connectivity index (χ3v) is 12.7. The maximum atomic E-state index is 5.24. The molecule has 58 heavy (non-hydrogen) atoms. The van der Waals surface area contributed by atoms with Crippen molar-refractivity contribution in [1.29, 1.82) is 0 Å². The maximum Gasteiger partial charge on any atom is 0.160 e. The molecule has 0 amide bonds. The molecule has 0 saturated carbocycles. The molecule has 5 heteroatoms. The van der Waals surface area contributed by atoms with Crippen LogP contribution in [0.15, 0.2) is 204 Å². The van der Waals surface area contributed by atoms with Crippen LogP contribution in [0.4, 0.5) is 0 Å². The van der Waals surface area contributed by atoms with E-state index in [0.717, 1.165) is 45.0 Å². The van der Waals surface area contributed by atoms with Crippen molar-refractivity contribution in [3.63, 3.8) is 0 Å². The minimum atomic E-state index is 0.695. The highest BCUT2D eigenvalue weighted by Crippen LogP contribution is 2.44. The first-order valence-corrected chi connectivity index (χ1v) is 20.5. The second kappa shape index (κ2) is 13.1. The minimum absolute atomic E-state index is 0.695. The molecule has 1 aliphatic heterocycles. The lowest BCUT2D eigenvalue weighted by atomic mass is 10.1. The number of hydrogen-bond acceptors (Lipinski definition) is 3. The number of aromatic nitrogens is 2. The fraction of sp³-hybridized carbons (Fsp3) is 0.0189. The summed E-state index contributed by atoms with van der Waals surface area (Å²) in [5.41, 5.74) is 12.1. The first-order chi connectivity index (χ1) is 28.8. The molecule has 0 aliphatic carbocycles. The van der Waals surface area contributed by atoms with Crippen LogP contribution >= 0.6 is 11.3 Å². The van der Waals surface area contributed by atoms with Crippen LogP contribution in [0.25, 0.3) is 80.9 Å². The Kier molecular flexibility index (Phi) is 7.43. The van der Waals surface area contributed by atoms with Crippen molar-refractivity contribution < 1.29 is 0 Å². The summed E-state index contributed by atoms with van der Waals surface area (Å²) in [6.07, 6.45) is 2.89. The van der Waals surface area contributed by atoms with Crippen LogP contribution in [-0.2, 0) is 0 Å². The van der Waals surface area contributed by atoms with E-state index in [4.69, 9.17) is 9.98 Å². The summed E-state index contributed by atoms with van der Waals surface area (Å²) in [4.78, 5) is 10.5. The molecule has 0 spiro atoms. The Morgan fingerprint density at radius 1 is 0.397 bits per heavy atom. The minimum Gasteiger partial charge on any atom is -0.309 e. The quantitative estimate of drug-likeness (QED) is 0.168. The monoisotopic (exact) mass is 758 g/mol. The fourth-order valence-electron chi connectivity index (χ4n) is 8.97. The van der Waals surface area contributed by atoms with Crippen molar-refractivity contribution in [3.8, 4) is 11.4 Å². The van der Waals surface area contributed by atoms with Gasteiger partial charge in [-0.25, -0.2) is 9.98 Å². The van der Waals surface area contributed by atoms with Gasteiger partial charge in [-0.05, 0) is 77.9 Å². The maximum absolute atomic E-state index is 5.24. The predicted octanol–water partition coefficient (Wildman–Crippen LogP) is 13.9. The first kappa shape index (κ1) is 32.9. The molecule has 11 aromatic rings. The second-order valence-electron chi connectivity index (χ2n) is 14.9. The number of rotatable bonds is 5. The summed E-state index contributed by atoms with van der Waals surface area (Å²) in [5, 5.41) is 7.65. The van der Waals surface area contributed by atoms with Crippen LogP contribution in [0, 0.1) is 0 Å². The zero-order valence-corrected chi connectivity index (χ0v) is 32.2. The highest BCUT2D eigenvalue weighted by molar-refractivity contribution is 7.26. The van der Waals surface area contributed by atoms with E-state index in [9.17, 15) is 0 Å². The van der Waals surface area contributed by atoms with Crippen molar-refractivity contribution in [1.82, 2.24) is 9.13 Å². The molecule has 0 N–H and O–H groups in total. The SMILES string of the molecule is C1=C(c2ccccc2)N=C(c2ccc(-n3c4cc(-n5c6ccccc6c6ccccc65)ccc4c4c5c(ccc43)sc3ccccc35)cc2)N=C(c2ccccc2)C1. The summed E-state index contributed by atoms with van der Waals surface area (Å²) in [6, 6.07) is 67.6. The van der Waals surface area contributed by atoms with Gasteiger partial charge in [-0.15, -0.1) is 11.3 Å². The molecule has 0 saturated heterocycles. The molecule has 4 nitrogen and oxygen atoms in total. The predicted molar refractivity (Wildman–Crippen MR) is 247 cm³/mol. The second-order valence-corrected chi connectivity index (χ2v) is 16.0. The van der Waals surface area contributed by atoms with Crippen LogP contribution < -0.4 is 0 Å². The van der Waals surface area contributed by atoms with Gasteiger partial charge in [0.15, 0.2) is 5.84 Å². The summed E-state index contributed by atoms with van der Waals surface area (Å²) >= 11 is 1.87. The number of para-hydroxylation sites is 2. The van der Waals surface area contributed by atoms with Crippen molar-refractivity contribution in [2.45, 2.75) is 6.42 Å². The van der Waals surface area contributed by atoms with E-state index in [2.05, 4.69) is 191 Å². The summed E-state index contributed by atoms with van der Waals surface area (Å²) in [6.45, 7) is 0. The zero-order valence-electron chi connectivity index (χ0n) is 31.4. The van der Waals surface area contributed by atoms with Gasteiger partial charge in [0, 0.05) is 65.1 Å². The van der Waals surface area contributed by atoms with Crippen LogP contribution in [-0.4, -0.2) is 20.7 Å². The molecule has 8 aromatic carbocycles. The smallest absolute Gasteiger partial charge is 0.160 e. The Balaban J connectivity index is 1.08. The lowest BCUT2D eigenvalue weighted by Gasteiger charge is -2.12. The van der Waals surface area contributed by atoms with Gasteiger partial charge in [0.2, 0.25) is 0 Å². The van der Waals surface area contributed by atoms with Crippen LogP contribution in [0.3, 0.4) is 0 Å². The number of benzene rings is 8. The molecule has 0 fully saturated rings. The number of fused-ring (bicyclic) bond motifs is 10. The van der Waals surface area contributed by atoms with E-state index >= 15 is 0 Å². The molecule has 1 aliphatic rings. The van der Waals surface area contributed by atoms with E-state index in [1.54, 1.807) is 0 Å². The van der Waals surface area contributed by atoms with E-state index in [0.29, 0.717) is 12.3 Å². The highest BCUT2D eigenvalue weighted by Gasteiger charge is 2.21. The molecule has 0 bridgehead atoms. The first-order valence-electron chi connectivity index (χ1n) is 19.7. The van der Waals surface area contributed by atoms with Gasteiger partial charge >= 0.3 is 0 Å². The van der Waals surface area contributed by atoms with E-state index in [-0.39, 0.29) is 0 Å². The molecule has 272 valence electrons.